The van der Waals surface area contributed by atoms with E-state index in [4.69, 9.17) is 9.26 Å². The van der Waals surface area contributed by atoms with Crippen LogP contribution in [0.15, 0.2) is 4.52 Å². The Morgan fingerprint density at radius 1 is 1.45 bits per heavy atom. The number of aliphatic hydroxyl groups is 1. The van der Waals surface area contributed by atoms with Crippen LogP contribution >= 0.6 is 0 Å². The van der Waals surface area contributed by atoms with Gasteiger partial charge in [-0.1, -0.05) is 5.16 Å². The zero-order chi connectivity index (χ0) is 16.1. The van der Waals surface area contributed by atoms with Crippen LogP contribution in [-0.4, -0.2) is 53.4 Å². The minimum absolute atomic E-state index is 0.0551. The number of nitrogens with one attached hydrogen (secondary N) is 2. The van der Waals surface area contributed by atoms with Gasteiger partial charge in [-0.2, -0.15) is 4.98 Å². The normalized spacial score (nSPS) is 24.8. The van der Waals surface area contributed by atoms with Crippen LogP contribution in [0.4, 0.5) is 0 Å². The second-order valence-corrected chi connectivity index (χ2v) is 5.16. The first kappa shape index (κ1) is 16.4. The second kappa shape index (κ2) is 7.32. The molecule has 0 aromatic carbocycles. The van der Waals surface area contributed by atoms with Crippen molar-refractivity contribution in [2.24, 2.45) is 5.92 Å². The molecule has 9 nitrogen and oxygen atoms in total. The Bertz CT molecular complexity index is 532. The van der Waals surface area contributed by atoms with Crippen molar-refractivity contribution in [3.63, 3.8) is 0 Å². The molecular weight excluding hydrogens is 292 g/mol. The number of ether oxygens (including phenoxy) is 1. The Balaban J connectivity index is 1.85. The van der Waals surface area contributed by atoms with E-state index in [1.807, 2.05) is 0 Å². The average molecular weight is 312 g/mol. The Kier molecular flexibility index (Phi) is 5.45. The number of nitrogens with zero attached hydrogens (tertiary/aromatic N) is 2. The minimum Gasteiger partial charge on any atom is -0.390 e. The predicted octanol–water partition coefficient (Wildman–Crippen LogP) is -0.779. The van der Waals surface area contributed by atoms with Gasteiger partial charge in [-0.15, -0.1) is 0 Å². The van der Waals surface area contributed by atoms with E-state index >= 15 is 0 Å². The molecule has 1 aliphatic rings. The topological polar surface area (TPSA) is 127 Å². The van der Waals surface area contributed by atoms with Gasteiger partial charge in [0.25, 0.3) is 11.7 Å². The van der Waals surface area contributed by atoms with Crippen molar-refractivity contribution in [1.29, 1.82) is 0 Å². The van der Waals surface area contributed by atoms with Gasteiger partial charge in [0.1, 0.15) is 0 Å². The summed E-state index contributed by atoms with van der Waals surface area (Å²) in [4.78, 5) is 27.3. The lowest BCUT2D eigenvalue weighted by Crippen LogP contribution is -2.41. The maximum absolute atomic E-state index is 12.1. The number of hydrogen-bond acceptors (Lipinski definition) is 7. The molecular formula is C13H20N4O5. The summed E-state index contributed by atoms with van der Waals surface area (Å²) >= 11 is 0. The predicted molar refractivity (Wildman–Crippen MR) is 73.7 cm³/mol. The zero-order valence-corrected chi connectivity index (χ0v) is 12.5. The second-order valence-electron chi connectivity index (χ2n) is 5.16. The third-order valence-electron chi connectivity index (χ3n) is 3.74. The highest BCUT2D eigenvalue weighted by Gasteiger charge is 2.33. The van der Waals surface area contributed by atoms with Gasteiger partial charge >= 0.3 is 0 Å². The first-order valence-corrected chi connectivity index (χ1v) is 7.08. The van der Waals surface area contributed by atoms with Crippen LogP contribution in [0.1, 0.15) is 35.8 Å². The van der Waals surface area contributed by atoms with Crippen molar-refractivity contribution in [2.45, 2.75) is 38.0 Å². The van der Waals surface area contributed by atoms with Crippen LogP contribution in [0.2, 0.25) is 0 Å². The Morgan fingerprint density at radius 2 is 2.23 bits per heavy atom. The van der Waals surface area contributed by atoms with Crippen LogP contribution in [-0.2, 0) is 16.1 Å². The van der Waals surface area contributed by atoms with E-state index in [-0.39, 0.29) is 36.2 Å². The molecule has 3 N–H and O–H groups in total. The van der Waals surface area contributed by atoms with E-state index < -0.39 is 12.0 Å². The standard InChI is InChI=1S/C13H20N4O5/c1-14-13(20)11-16-10(22-17-11)6-15-12(19)7-3-4-8(18)9(5-7)21-2/h7-9,18H,3-6H2,1-2H3,(H,14,20)(H,15,19)/t7-,8+,9-/m1/s1. The quantitative estimate of drug-likeness (QED) is 0.651. The van der Waals surface area contributed by atoms with Gasteiger partial charge in [0.2, 0.25) is 11.8 Å². The van der Waals surface area contributed by atoms with E-state index in [0.717, 1.165) is 0 Å². The maximum Gasteiger partial charge on any atom is 0.292 e. The van der Waals surface area contributed by atoms with E-state index in [9.17, 15) is 14.7 Å². The van der Waals surface area contributed by atoms with E-state index in [1.165, 1.54) is 14.2 Å². The average Bonchev–Trinajstić information content (AvgIpc) is 3.01. The number of hydrogen-bond donors (Lipinski definition) is 3. The van der Waals surface area contributed by atoms with Crippen molar-refractivity contribution in [1.82, 2.24) is 20.8 Å². The van der Waals surface area contributed by atoms with Crippen LogP contribution < -0.4 is 10.6 Å². The Labute approximate surface area is 127 Å². The molecule has 1 heterocycles. The van der Waals surface area contributed by atoms with Crippen molar-refractivity contribution in [3.8, 4) is 0 Å². The lowest BCUT2D eigenvalue weighted by atomic mass is 9.84. The molecule has 22 heavy (non-hydrogen) atoms. The third-order valence-corrected chi connectivity index (χ3v) is 3.74. The molecule has 2 amide bonds. The number of carbonyl (C=O) groups excluding carboxylic acids is 2. The van der Waals surface area contributed by atoms with Crippen LogP contribution in [0, 0.1) is 5.92 Å². The van der Waals surface area contributed by atoms with Crippen LogP contribution in [0.3, 0.4) is 0 Å². The monoisotopic (exact) mass is 312 g/mol. The maximum atomic E-state index is 12.1. The van der Waals surface area contributed by atoms with Crippen molar-refractivity contribution < 1.29 is 24.0 Å². The highest BCUT2D eigenvalue weighted by Crippen LogP contribution is 2.26. The fourth-order valence-electron chi connectivity index (χ4n) is 2.44. The highest BCUT2D eigenvalue weighted by atomic mass is 16.5. The fourth-order valence-corrected chi connectivity index (χ4v) is 2.44. The summed E-state index contributed by atoms with van der Waals surface area (Å²) in [7, 11) is 2.98. The summed E-state index contributed by atoms with van der Waals surface area (Å²) in [5, 5.41) is 18.3. The molecule has 0 saturated heterocycles. The molecule has 122 valence electrons. The zero-order valence-electron chi connectivity index (χ0n) is 12.5. The van der Waals surface area contributed by atoms with E-state index in [0.29, 0.717) is 19.3 Å². The lowest BCUT2D eigenvalue weighted by molar-refractivity contribution is -0.130. The molecule has 1 fully saturated rings. The molecule has 0 bridgehead atoms. The Morgan fingerprint density at radius 3 is 2.91 bits per heavy atom. The number of aliphatic hydroxyl groups excluding tert-OH is 1. The highest BCUT2D eigenvalue weighted by molar-refractivity contribution is 5.89. The molecule has 1 aromatic heterocycles. The first-order valence-electron chi connectivity index (χ1n) is 7.08. The largest absolute Gasteiger partial charge is 0.390 e. The number of aromatic nitrogens is 2. The van der Waals surface area contributed by atoms with Gasteiger partial charge in [-0.25, -0.2) is 0 Å². The molecule has 0 unspecified atom stereocenters. The molecule has 1 aliphatic carbocycles. The molecule has 0 spiro atoms. The molecule has 9 heteroatoms. The minimum atomic E-state index is -0.528. The van der Waals surface area contributed by atoms with Gasteiger partial charge in [-0.05, 0) is 19.3 Å². The van der Waals surface area contributed by atoms with Gasteiger partial charge in [0.15, 0.2) is 0 Å². The van der Waals surface area contributed by atoms with Gasteiger partial charge in [-0.3, -0.25) is 9.59 Å². The lowest BCUT2D eigenvalue weighted by Gasteiger charge is -2.31. The molecule has 1 aromatic rings. The molecule has 2 rings (SSSR count). The van der Waals surface area contributed by atoms with Gasteiger partial charge < -0.3 is 25.0 Å². The summed E-state index contributed by atoms with van der Waals surface area (Å²) in [6.45, 7) is 0.0551. The molecule has 0 radical (unpaired) electrons. The number of carbonyl (C=O) groups is 2. The number of rotatable bonds is 5. The summed E-state index contributed by atoms with van der Waals surface area (Å²) in [5.41, 5.74) is 0. The number of amides is 2. The van der Waals surface area contributed by atoms with Crippen molar-refractivity contribution >= 4 is 11.8 Å². The summed E-state index contributed by atoms with van der Waals surface area (Å²) in [6.07, 6.45) is 0.738. The molecule has 1 saturated carbocycles. The van der Waals surface area contributed by atoms with Gasteiger partial charge in [0, 0.05) is 20.1 Å². The molecule has 3 atom stereocenters. The first-order chi connectivity index (χ1) is 10.5. The number of methoxy groups -OCH3 is 1. The summed E-state index contributed by atoms with van der Waals surface area (Å²) in [6, 6.07) is 0. The third kappa shape index (κ3) is 3.80. The van der Waals surface area contributed by atoms with Gasteiger partial charge in [0.05, 0.1) is 18.8 Å². The summed E-state index contributed by atoms with van der Waals surface area (Å²) < 4.78 is 10.1. The summed E-state index contributed by atoms with van der Waals surface area (Å²) in [5.74, 6) is -0.757. The smallest absolute Gasteiger partial charge is 0.292 e. The fraction of sp³-hybridized carbons (Fsp3) is 0.692. The van der Waals surface area contributed by atoms with Crippen LogP contribution in [0.25, 0.3) is 0 Å². The Hall–Kier alpha value is -2.00. The van der Waals surface area contributed by atoms with Crippen molar-refractivity contribution in [3.05, 3.63) is 11.7 Å². The van der Waals surface area contributed by atoms with E-state index in [2.05, 4.69) is 20.8 Å². The SMILES string of the molecule is CNC(=O)c1noc(CNC(=O)[C@@H]2CC[C@H](O)[C@H](OC)C2)n1. The van der Waals surface area contributed by atoms with E-state index in [1.54, 1.807) is 0 Å². The molecule has 0 aliphatic heterocycles. The van der Waals surface area contributed by atoms with Crippen molar-refractivity contribution in [2.75, 3.05) is 14.2 Å². The van der Waals surface area contributed by atoms with Crippen LogP contribution in [0.5, 0.6) is 0 Å².